The Morgan fingerprint density at radius 3 is 2.72 bits per heavy atom. The van der Waals surface area contributed by atoms with Gasteiger partial charge in [0.05, 0.1) is 23.6 Å². The highest BCUT2D eigenvalue weighted by atomic mass is 14.5. The third kappa shape index (κ3) is 1.27. The topological polar surface area (TPSA) is 47.6 Å². The maximum absolute atomic E-state index is 9.38. The van der Waals surface area contributed by atoms with Gasteiger partial charge in [-0.25, -0.2) is 0 Å². The van der Waals surface area contributed by atoms with Crippen LogP contribution in [-0.4, -0.2) is 0 Å². The fourth-order valence-corrected chi connectivity index (χ4v) is 3.60. The van der Waals surface area contributed by atoms with Gasteiger partial charge >= 0.3 is 0 Å². The lowest BCUT2D eigenvalue weighted by Gasteiger charge is -2.33. The second kappa shape index (κ2) is 3.47. The second-order valence-electron chi connectivity index (χ2n) is 5.87. The molecule has 0 saturated carbocycles. The van der Waals surface area contributed by atoms with Gasteiger partial charge in [-0.05, 0) is 34.6 Å². The molecular formula is C16H14N2. The summed E-state index contributed by atoms with van der Waals surface area (Å²) in [4.78, 5) is 0. The number of hydrogen-bond donors (Lipinski definition) is 0. The molecule has 0 spiro atoms. The van der Waals surface area contributed by atoms with E-state index < -0.39 is 0 Å². The molecule has 1 aromatic rings. The van der Waals surface area contributed by atoms with Gasteiger partial charge in [0.15, 0.2) is 0 Å². The first-order valence-electron chi connectivity index (χ1n) is 6.22. The maximum atomic E-state index is 9.38. The van der Waals surface area contributed by atoms with Crippen LogP contribution in [0.15, 0.2) is 24.3 Å². The van der Waals surface area contributed by atoms with Crippen molar-refractivity contribution in [2.75, 3.05) is 0 Å². The zero-order chi connectivity index (χ0) is 12.9. The number of allylic oxidation sites excluding steroid dienone is 2. The zero-order valence-electron chi connectivity index (χ0n) is 10.6. The lowest BCUT2D eigenvalue weighted by molar-refractivity contribution is 0.285. The van der Waals surface area contributed by atoms with Gasteiger partial charge in [-0.3, -0.25) is 0 Å². The molecule has 88 valence electrons. The van der Waals surface area contributed by atoms with Crippen molar-refractivity contribution < 1.29 is 0 Å². The molecule has 0 radical (unpaired) electrons. The Balaban J connectivity index is 2.32. The molecule has 2 heteroatoms. The molecule has 0 aliphatic heterocycles. The van der Waals surface area contributed by atoms with E-state index in [1.807, 2.05) is 18.2 Å². The Bertz CT molecular complexity index is 638. The zero-order valence-corrected chi connectivity index (χ0v) is 10.6. The van der Waals surface area contributed by atoms with E-state index in [-0.39, 0.29) is 17.3 Å². The van der Waals surface area contributed by atoms with E-state index >= 15 is 0 Å². The summed E-state index contributed by atoms with van der Waals surface area (Å²) in [5.41, 5.74) is 4.34. The molecule has 0 saturated heterocycles. The van der Waals surface area contributed by atoms with Crippen molar-refractivity contribution in [1.82, 2.24) is 0 Å². The summed E-state index contributed by atoms with van der Waals surface area (Å²) in [6.45, 7) is 4.44. The highest BCUT2D eigenvalue weighted by Gasteiger charge is 2.46. The first-order chi connectivity index (χ1) is 8.58. The van der Waals surface area contributed by atoms with Crippen LogP contribution >= 0.6 is 0 Å². The molecular weight excluding hydrogens is 220 g/mol. The summed E-state index contributed by atoms with van der Waals surface area (Å²) in [7, 11) is 0. The maximum Gasteiger partial charge on any atom is 0.0995 e. The first-order valence-corrected chi connectivity index (χ1v) is 6.22. The molecule has 2 aliphatic carbocycles. The summed E-state index contributed by atoms with van der Waals surface area (Å²) >= 11 is 0. The van der Waals surface area contributed by atoms with Crippen molar-refractivity contribution in [2.24, 2.45) is 11.3 Å². The molecule has 18 heavy (non-hydrogen) atoms. The average molecular weight is 234 g/mol. The van der Waals surface area contributed by atoms with Crippen molar-refractivity contribution in [3.63, 3.8) is 0 Å². The van der Waals surface area contributed by atoms with Crippen molar-refractivity contribution in [2.45, 2.75) is 26.2 Å². The molecule has 2 nitrogen and oxygen atoms in total. The SMILES string of the molecule is CC1(C)Cc2cccc3c2[C@H]1[C@@H](C#N)C=C3C#N. The van der Waals surface area contributed by atoms with Gasteiger partial charge in [-0.2, -0.15) is 10.5 Å². The highest BCUT2D eigenvalue weighted by molar-refractivity contribution is 5.82. The normalized spacial score (nSPS) is 26.8. The summed E-state index contributed by atoms with van der Waals surface area (Å²) in [5.74, 6) is 0.0524. The third-order valence-electron chi connectivity index (χ3n) is 4.26. The Labute approximate surface area is 107 Å². The molecule has 1 aromatic carbocycles. The van der Waals surface area contributed by atoms with Gasteiger partial charge in [0.25, 0.3) is 0 Å². The van der Waals surface area contributed by atoms with E-state index in [2.05, 4.69) is 32.1 Å². The van der Waals surface area contributed by atoms with Crippen molar-refractivity contribution in [1.29, 1.82) is 10.5 Å². The number of benzene rings is 1. The number of hydrogen-bond acceptors (Lipinski definition) is 2. The first kappa shape index (κ1) is 11.1. The minimum atomic E-state index is -0.175. The third-order valence-corrected chi connectivity index (χ3v) is 4.26. The minimum absolute atomic E-state index is 0.0936. The van der Waals surface area contributed by atoms with Crippen LogP contribution in [-0.2, 0) is 6.42 Å². The van der Waals surface area contributed by atoms with E-state index in [4.69, 9.17) is 0 Å². The molecule has 0 N–H and O–H groups in total. The lowest BCUT2D eigenvalue weighted by atomic mass is 9.68. The summed E-state index contributed by atoms with van der Waals surface area (Å²) in [6.07, 6.45) is 2.84. The molecule has 3 rings (SSSR count). The van der Waals surface area contributed by atoms with Crippen LogP contribution in [0.1, 0.15) is 36.5 Å². The fourth-order valence-electron chi connectivity index (χ4n) is 3.60. The monoisotopic (exact) mass is 234 g/mol. The predicted octanol–water partition coefficient (Wildman–Crippen LogP) is 3.41. The van der Waals surface area contributed by atoms with Crippen LogP contribution < -0.4 is 0 Å². The van der Waals surface area contributed by atoms with Crippen LogP contribution in [0.25, 0.3) is 5.57 Å². The van der Waals surface area contributed by atoms with Crippen LogP contribution in [0.2, 0.25) is 0 Å². The molecule has 0 amide bonds. The molecule has 0 unspecified atom stereocenters. The van der Waals surface area contributed by atoms with E-state index in [0.717, 1.165) is 12.0 Å². The summed E-state index contributed by atoms with van der Waals surface area (Å²) in [6, 6.07) is 10.8. The Kier molecular flexibility index (Phi) is 2.13. The molecule has 0 aromatic heterocycles. The van der Waals surface area contributed by atoms with Crippen LogP contribution in [0.3, 0.4) is 0 Å². The van der Waals surface area contributed by atoms with Crippen LogP contribution in [0.5, 0.6) is 0 Å². The lowest BCUT2D eigenvalue weighted by Crippen LogP contribution is -2.26. The van der Waals surface area contributed by atoms with Gasteiger partial charge in [-0.1, -0.05) is 32.0 Å². The van der Waals surface area contributed by atoms with E-state index in [9.17, 15) is 10.5 Å². The minimum Gasteiger partial charge on any atom is -0.198 e. The van der Waals surface area contributed by atoms with Crippen LogP contribution in [0.4, 0.5) is 0 Å². The Morgan fingerprint density at radius 2 is 2.06 bits per heavy atom. The van der Waals surface area contributed by atoms with Crippen molar-refractivity contribution in [3.05, 3.63) is 41.0 Å². The molecule has 2 aliphatic rings. The van der Waals surface area contributed by atoms with Crippen molar-refractivity contribution in [3.8, 4) is 12.1 Å². The van der Waals surface area contributed by atoms with Gasteiger partial charge in [0.1, 0.15) is 0 Å². The predicted molar refractivity (Wildman–Crippen MR) is 69.4 cm³/mol. The van der Waals surface area contributed by atoms with E-state index in [1.165, 1.54) is 11.1 Å². The van der Waals surface area contributed by atoms with Gasteiger partial charge in [0, 0.05) is 5.92 Å². The Hall–Kier alpha value is -2.06. The van der Waals surface area contributed by atoms with Gasteiger partial charge in [-0.15, -0.1) is 0 Å². The van der Waals surface area contributed by atoms with Gasteiger partial charge in [0.2, 0.25) is 0 Å². The highest BCUT2D eigenvalue weighted by Crippen LogP contribution is 2.55. The molecule has 0 fully saturated rings. The summed E-state index contributed by atoms with van der Waals surface area (Å²) < 4.78 is 0. The van der Waals surface area contributed by atoms with Gasteiger partial charge < -0.3 is 0 Å². The van der Waals surface area contributed by atoms with E-state index in [1.54, 1.807) is 0 Å². The molecule has 0 bridgehead atoms. The quantitative estimate of drug-likeness (QED) is 0.690. The second-order valence-corrected chi connectivity index (χ2v) is 5.87. The molecule has 0 heterocycles. The largest absolute Gasteiger partial charge is 0.198 e. The number of nitrogens with zero attached hydrogens (tertiary/aromatic N) is 2. The van der Waals surface area contributed by atoms with Crippen molar-refractivity contribution >= 4 is 5.57 Å². The Morgan fingerprint density at radius 1 is 1.28 bits per heavy atom. The molecule has 2 atom stereocenters. The number of rotatable bonds is 0. The fraction of sp³-hybridized carbons (Fsp3) is 0.375. The average Bonchev–Trinajstić information content (AvgIpc) is 2.63. The van der Waals surface area contributed by atoms with E-state index in [0.29, 0.717) is 5.57 Å². The van der Waals surface area contributed by atoms with Crippen LogP contribution in [0, 0.1) is 34.0 Å². The standard InChI is InChI=1S/C16H14N2/c1-16(2)7-10-4-3-5-13-11(8-17)6-12(9-18)15(16)14(10)13/h3-6,12,15H,7H2,1-2H3/t12-,15-/m1/s1. The number of nitriles is 2. The smallest absolute Gasteiger partial charge is 0.0995 e. The summed E-state index contributed by atoms with van der Waals surface area (Å²) in [5, 5.41) is 18.6.